The van der Waals surface area contributed by atoms with Gasteiger partial charge in [0.2, 0.25) is 0 Å². The Labute approximate surface area is 115 Å². The summed E-state index contributed by atoms with van der Waals surface area (Å²) >= 11 is 0. The Morgan fingerprint density at radius 1 is 1.37 bits per heavy atom. The summed E-state index contributed by atoms with van der Waals surface area (Å²) in [7, 11) is 1.39. The van der Waals surface area contributed by atoms with E-state index in [1.165, 1.54) is 7.11 Å². The molecule has 4 nitrogen and oxygen atoms in total. The number of rotatable bonds is 5. The van der Waals surface area contributed by atoms with Gasteiger partial charge in [0.25, 0.3) is 0 Å². The van der Waals surface area contributed by atoms with Gasteiger partial charge in [0.05, 0.1) is 18.8 Å². The molecule has 0 aromatic carbocycles. The van der Waals surface area contributed by atoms with Crippen LogP contribution in [0.15, 0.2) is 0 Å². The van der Waals surface area contributed by atoms with E-state index < -0.39 is 0 Å². The molecule has 0 heterocycles. The number of carbonyl (C=O) groups excluding carboxylic acids is 2. The van der Waals surface area contributed by atoms with Crippen LogP contribution < -0.4 is 0 Å². The molecule has 1 rings (SSSR count). The lowest BCUT2D eigenvalue weighted by Gasteiger charge is -2.38. The first-order valence-electron chi connectivity index (χ1n) is 6.93. The van der Waals surface area contributed by atoms with E-state index in [4.69, 9.17) is 9.47 Å². The first-order valence-corrected chi connectivity index (χ1v) is 6.93. The normalized spacial score (nSPS) is 31.2. The van der Waals surface area contributed by atoms with Crippen LogP contribution in [0.2, 0.25) is 0 Å². The summed E-state index contributed by atoms with van der Waals surface area (Å²) in [6.07, 6.45) is 3.71. The molecule has 0 unspecified atom stereocenters. The van der Waals surface area contributed by atoms with E-state index in [0.29, 0.717) is 12.8 Å². The zero-order chi connectivity index (χ0) is 14.7. The molecule has 0 N–H and O–H groups in total. The number of aldehydes is 1. The average molecular weight is 270 g/mol. The predicted octanol–water partition coefficient (Wildman–Crippen LogP) is 2.74. The molecular formula is C15H26O4. The van der Waals surface area contributed by atoms with Crippen LogP contribution in [-0.4, -0.2) is 31.1 Å². The second kappa shape index (κ2) is 6.04. The Kier molecular flexibility index (Phi) is 5.13. The molecular weight excluding hydrogens is 244 g/mol. The molecule has 1 aliphatic carbocycles. The highest BCUT2D eigenvalue weighted by Gasteiger charge is 2.48. The zero-order valence-corrected chi connectivity index (χ0v) is 12.7. The SMILES string of the molecule is COC(=O)CC[C@@]1(C)[C@H](C=O)CC[C@@H]1OC(C)(C)C. The van der Waals surface area contributed by atoms with E-state index in [2.05, 4.69) is 6.92 Å². The van der Waals surface area contributed by atoms with Gasteiger partial charge in [-0.3, -0.25) is 4.79 Å². The van der Waals surface area contributed by atoms with Gasteiger partial charge in [-0.15, -0.1) is 0 Å². The maximum atomic E-state index is 11.3. The van der Waals surface area contributed by atoms with Crippen LogP contribution in [0.1, 0.15) is 53.4 Å². The highest BCUT2D eigenvalue weighted by molar-refractivity contribution is 5.69. The Morgan fingerprint density at radius 3 is 2.47 bits per heavy atom. The minimum Gasteiger partial charge on any atom is -0.469 e. The summed E-state index contributed by atoms with van der Waals surface area (Å²) in [5.41, 5.74) is -0.516. The van der Waals surface area contributed by atoms with Crippen LogP contribution in [0.4, 0.5) is 0 Å². The highest BCUT2D eigenvalue weighted by Crippen LogP contribution is 2.48. The first kappa shape index (κ1) is 16.2. The predicted molar refractivity (Wildman–Crippen MR) is 72.8 cm³/mol. The maximum Gasteiger partial charge on any atom is 0.305 e. The minimum atomic E-state index is -0.275. The molecule has 1 aliphatic rings. The molecule has 4 heteroatoms. The third-order valence-electron chi connectivity index (χ3n) is 4.08. The van der Waals surface area contributed by atoms with Crippen LogP contribution in [0.25, 0.3) is 0 Å². The summed E-state index contributed by atoms with van der Waals surface area (Å²) in [5, 5.41) is 0. The van der Waals surface area contributed by atoms with Crippen LogP contribution >= 0.6 is 0 Å². The van der Waals surface area contributed by atoms with Gasteiger partial charge in [0.1, 0.15) is 6.29 Å². The van der Waals surface area contributed by atoms with Gasteiger partial charge in [-0.05, 0) is 40.0 Å². The van der Waals surface area contributed by atoms with Crippen LogP contribution in [0.5, 0.6) is 0 Å². The van der Waals surface area contributed by atoms with Crippen LogP contribution in [-0.2, 0) is 19.1 Å². The lowest BCUT2D eigenvalue weighted by molar-refractivity contribution is -0.144. The van der Waals surface area contributed by atoms with E-state index in [9.17, 15) is 9.59 Å². The van der Waals surface area contributed by atoms with Crippen molar-refractivity contribution in [3.63, 3.8) is 0 Å². The third kappa shape index (κ3) is 4.03. The summed E-state index contributed by atoms with van der Waals surface area (Å²) in [6.45, 7) is 8.10. The van der Waals surface area contributed by atoms with Gasteiger partial charge in [0.15, 0.2) is 0 Å². The smallest absolute Gasteiger partial charge is 0.305 e. The lowest BCUT2D eigenvalue weighted by Crippen LogP contribution is -2.40. The van der Waals surface area contributed by atoms with Gasteiger partial charge in [-0.2, -0.15) is 0 Å². The van der Waals surface area contributed by atoms with Gasteiger partial charge in [-0.25, -0.2) is 0 Å². The second-order valence-corrected chi connectivity index (χ2v) is 6.62. The molecule has 0 spiro atoms. The van der Waals surface area contributed by atoms with Gasteiger partial charge >= 0.3 is 5.97 Å². The van der Waals surface area contributed by atoms with Crippen LogP contribution in [0, 0.1) is 11.3 Å². The largest absolute Gasteiger partial charge is 0.469 e. The van der Waals surface area contributed by atoms with E-state index in [1.54, 1.807) is 0 Å². The van der Waals surface area contributed by atoms with Crippen molar-refractivity contribution in [2.75, 3.05) is 7.11 Å². The molecule has 0 saturated heterocycles. The fraction of sp³-hybridized carbons (Fsp3) is 0.867. The topological polar surface area (TPSA) is 52.6 Å². The summed E-state index contributed by atoms with van der Waals surface area (Å²) in [4.78, 5) is 22.6. The van der Waals surface area contributed by atoms with E-state index in [0.717, 1.165) is 19.1 Å². The summed E-state index contributed by atoms with van der Waals surface area (Å²) < 4.78 is 10.8. The van der Waals surface area contributed by atoms with Crippen molar-refractivity contribution in [2.45, 2.75) is 65.1 Å². The molecule has 0 aromatic rings. The average Bonchev–Trinajstić information content (AvgIpc) is 2.62. The minimum absolute atomic E-state index is 0.0207. The van der Waals surface area contributed by atoms with Crippen molar-refractivity contribution in [3.8, 4) is 0 Å². The van der Waals surface area contributed by atoms with Crippen molar-refractivity contribution in [2.24, 2.45) is 11.3 Å². The highest BCUT2D eigenvalue weighted by atomic mass is 16.5. The van der Waals surface area contributed by atoms with Crippen molar-refractivity contribution in [1.29, 1.82) is 0 Å². The van der Waals surface area contributed by atoms with Gasteiger partial charge < -0.3 is 14.3 Å². The second-order valence-electron chi connectivity index (χ2n) is 6.62. The molecule has 0 amide bonds. The number of hydrogen-bond donors (Lipinski definition) is 0. The number of esters is 1. The molecule has 3 atom stereocenters. The van der Waals surface area contributed by atoms with Crippen LogP contribution in [0.3, 0.4) is 0 Å². The quantitative estimate of drug-likeness (QED) is 0.569. The Hall–Kier alpha value is -0.900. The standard InChI is InChI=1S/C15H26O4/c1-14(2,3)19-12-7-6-11(10-16)15(12,4)9-8-13(17)18-5/h10-12H,6-9H2,1-5H3/t11-,12-,15-/m0/s1. The lowest BCUT2D eigenvalue weighted by atomic mass is 9.75. The molecule has 0 aromatic heterocycles. The summed E-state index contributed by atoms with van der Waals surface area (Å²) in [6, 6.07) is 0. The molecule has 0 bridgehead atoms. The molecule has 1 saturated carbocycles. The Morgan fingerprint density at radius 2 is 2.00 bits per heavy atom. The number of ether oxygens (including phenoxy) is 2. The number of methoxy groups -OCH3 is 1. The summed E-state index contributed by atoms with van der Waals surface area (Å²) in [5.74, 6) is -0.267. The van der Waals surface area contributed by atoms with E-state index >= 15 is 0 Å². The molecule has 1 fully saturated rings. The molecule has 19 heavy (non-hydrogen) atoms. The van der Waals surface area contributed by atoms with Gasteiger partial charge in [-0.1, -0.05) is 6.92 Å². The van der Waals surface area contributed by atoms with Crippen molar-refractivity contribution < 1.29 is 19.1 Å². The Bertz CT molecular complexity index is 332. The number of hydrogen-bond acceptors (Lipinski definition) is 4. The molecule has 110 valence electrons. The molecule has 0 radical (unpaired) electrons. The maximum absolute atomic E-state index is 11.3. The zero-order valence-electron chi connectivity index (χ0n) is 12.7. The van der Waals surface area contributed by atoms with Gasteiger partial charge in [0, 0.05) is 17.8 Å². The number of carbonyl (C=O) groups is 2. The fourth-order valence-corrected chi connectivity index (χ4v) is 2.89. The first-order chi connectivity index (χ1) is 8.73. The third-order valence-corrected chi connectivity index (χ3v) is 4.08. The van der Waals surface area contributed by atoms with Crippen molar-refractivity contribution >= 4 is 12.3 Å². The van der Waals surface area contributed by atoms with Crippen molar-refractivity contribution in [3.05, 3.63) is 0 Å². The van der Waals surface area contributed by atoms with E-state index in [-0.39, 0.29) is 29.0 Å². The molecule has 0 aliphatic heterocycles. The monoisotopic (exact) mass is 270 g/mol. The van der Waals surface area contributed by atoms with Crippen molar-refractivity contribution in [1.82, 2.24) is 0 Å². The Balaban J connectivity index is 2.80. The van der Waals surface area contributed by atoms with E-state index in [1.807, 2.05) is 20.8 Å². The fourth-order valence-electron chi connectivity index (χ4n) is 2.89.